The first kappa shape index (κ1) is 19.5. The third-order valence-electron chi connectivity index (χ3n) is 5.44. The highest BCUT2D eigenvalue weighted by atomic mass is 16.3. The summed E-state index contributed by atoms with van der Waals surface area (Å²) in [5.74, 6) is -1.38. The minimum absolute atomic E-state index is 0.0214. The molecule has 1 fully saturated rings. The summed E-state index contributed by atoms with van der Waals surface area (Å²) in [6.45, 7) is 1.09. The summed E-state index contributed by atoms with van der Waals surface area (Å²) in [5, 5.41) is 3.90. The molecule has 5 rings (SSSR count). The maximum absolute atomic E-state index is 12.9. The van der Waals surface area contributed by atoms with Crippen molar-refractivity contribution in [3.8, 4) is 0 Å². The molecule has 1 saturated heterocycles. The summed E-state index contributed by atoms with van der Waals surface area (Å²) >= 11 is 0. The lowest BCUT2D eigenvalue weighted by molar-refractivity contribution is -0.139. The number of hydrogen-bond acceptors (Lipinski definition) is 6. The van der Waals surface area contributed by atoms with E-state index in [0.29, 0.717) is 27.1 Å². The van der Waals surface area contributed by atoms with Gasteiger partial charge in [0.15, 0.2) is 0 Å². The lowest BCUT2D eigenvalue weighted by atomic mass is 9.92. The van der Waals surface area contributed by atoms with E-state index in [1.807, 2.05) is 0 Å². The van der Waals surface area contributed by atoms with Crippen molar-refractivity contribution in [1.82, 2.24) is 25.3 Å². The van der Waals surface area contributed by atoms with E-state index in [9.17, 15) is 19.2 Å². The summed E-state index contributed by atoms with van der Waals surface area (Å²) in [5.41, 5.74) is 1.90. The summed E-state index contributed by atoms with van der Waals surface area (Å²) < 4.78 is 6.64. The first-order valence-electron chi connectivity index (χ1n) is 9.77. The normalized spacial score (nSPS) is 18.3. The van der Waals surface area contributed by atoms with Gasteiger partial charge in [-0.1, -0.05) is 42.5 Å². The number of carbonyl (C=O) groups is 3. The van der Waals surface area contributed by atoms with Crippen LogP contribution in [0.2, 0.25) is 0 Å². The SMILES string of the molecule is C[C@]1(c2ccccc2)NC(=O)N(NC(=O)Cn2cnc3c(oc4ccccc43)c2=O)C1=O. The molecule has 1 atom stereocenters. The Bertz CT molecular complexity index is 1460. The van der Waals surface area contributed by atoms with Gasteiger partial charge in [-0.2, -0.15) is 5.01 Å². The van der Waals surface area contributed by atoms with Crippen LogP contribution in [0.3, 0.4) is 0 Å². The van der Waals surface area contributed by atoms with E-state index in [-0.39, 0.29) is 5.58 Å². The van der Waals surface area contributed by atoms with Crippen molar-refractivity contribution in [3.63, 3.8) is 0 Å². The molecule has 2 aromatic carbocycles. The smallest absolute Gasteiger partial charge is 0.344 e. The van der Waals surface area contributed by atoms with Crippen molar-refractivity contribution >= 4 is 39.9 Å². The molecule has 2 aromatic heterocycles. The number of hydrazine groups is 1. The largest absolute Gasteiger partial charge is 0.448 e. The van der Waals surface area contributed by atoms with Crippen LogP contribution >= 0.6 is 0 Å². The summed E-state index contributed by atoms with van der Waals surface area (Å²) in [6, 6.07) is 15.0. The lowest BCUT2D eigenvalue weighted by Gasteiger charge is -2.22. The summed E-state index contributed by atoms with van der Waals surface area (Å²) in [6.07, 6.45) is 1.23. The van der Waals surface area contributed by atoms with E-state index in [2.05, 4.69) is 15.7 Å². The minimum Gasteiger partial charge on any atom is -0.448 e. The number of nitrogens with zero attached hydrogens (tertiary/aromatic N) is 3. The average molecular weight is 431 g/mol. The number of rotatable bonds is 4. The van der Waals surface area contributed by atoms with Gasteiger partial charge in [0, 0.05) is 5.39 Å². The first-order valence-corrected chi connectivity index (χ1v) is 9.77. The molecule has 2 N–H and O–H groups in total. The van der Waals surface area contributed by atoms with Gasteiger partial charge in [-0.05, 0) is 24.6 Å². The lowest BCUT2D eigenvalue weighted by Crippen LogP contribution is -2.49. The first-order chi connectivity index (χ1) is 15.4. The molecule has 1 aliphatic heterocycles. The van der Waals surface area contributed by atoms with E-state index < -0.39 is 35.5 Å². The number of para-hydroxylation sites is 1. The number of hydrogen-bond donors (Lipinski definition) is 2. The van der Waals surface area contributed by atoms with Crippen molar-refractivity contribution in [2.45, 2.75) is 19.0 Å². The van der Waals surface area contributed by atoms with Gasteiger partial charge in [0.05, 0.1) is 6.33 Å². The molecule has 0 saturated carbocycles. The van der Waals surface area contributed by atoms with Crippen molar-refractivity contribution in [2.75, 3.05) is 0 Å². The van der Waals surface area contributed by atoms with Crippen molar-refractivity contribution in [3.05, 3.63) is 76.8 Å². The molecule has 32 heavy (non-hydrogen) atoms. The van der Waals surface area contributed by atoms with Gasteiger partial charge in [0.25, 0.3) is 17.4 Å². The molecule has 4 aromatic rings. The van der Waals surface area contributed by atoms with Crippen LogP contribution in [0.1, 0.15) is 12.5 Å². The second-order valence-electron chi connectivity index (χ2n) is 7.55. The molecule has 10 nitrogen and oxygen atoms in total. The second kappa shape index (κ2) is 7.05. The van der Waals surface area contributed by atoms with Gasteiger partial charge >= 0.3 is 6.03 Å². The maximum atomic E-state index is 12.9. The van der Waals surface area contributed by atoms with Crippen molar-refractivity contribution in [1.29, 1.82) is 0 Å². The molecule has 4 amide bonds. The topological polar surface area (TPSA) is 127 Å². The highest BCUT2D eigenvalue weighted by Crippen LogP contribution is 2.27. The molecule has 0 aliphatic carbocycles. The molecule has 1 aliphatic rings. The fourth-order valence-electron chi connectivity index (χ4n) is 3.75. The van der Waals surface area contributed by atoms with Gasteiger partial charge in [0.1, 0.15) is 23.2 Å². The van der Waals surface area contributed by atoms with Gasteiger partial charge in [-0.3, -0.25) is 24.4 Å². The molecular weight excluding hydrogens is 414 g/mol. The van der Waals surface area contributed by atoms with Gasteiger partial charge in [-0.25, -0.2) is 9.78 Å². The number of fused-ring (bicyclic) bond motifs is 3. The van der Waals surface area contributed by atoms with Gasteiger partial charge in [0.2, 0.25) is 5.58 Å². The molecule has 0 unspecified atom stereocenters. The van der Waals surface area contributed by atoms with Crippen LogP contribution < -0.4 is 16.3 Å². The number of benzene rings is 2. The molecule has 0 radical (unpaired) electrons. The Balaban J connectivity index is 1.38. The number of furan rings is 1. The van der Waals surface area contributed by atoms with Crippen LogP contribution in [0.4, 0.5) is 4.79 Å². The third kappa shape index (κ3) is 2.92. The number of carbonyl (C=O) groups excluding carboxylic acids is 3. The van der Waals surface area contributed by atoms with Crippen molar-refractivity contribution < 1.29 is 18.8 Å². The zero-order valence-electron chi connectivity index (χ0n) is 16.9. The van der Waals surface area contributed by atoms with Crippen LogP contribution in [0.25, 0.3) is 22.1 Å². The van der Waals surface area contributed by atoms with Crippen LogP contribution in [-0.2, 0) is 21.7 Å². The Labute approximate surface area is 180 Å². The zero-order chi connectivity index (χ0) is 22.5. The van der Waals surface area contributed by atoms with E-state index >= 15 is 0 Å². The second-order valence-corrected chi connectivity index (χ2v) is 7.55. The van der Waals surface area contributed by atoms with E-state index in [0.717, 1.165) is 4.57 Å². The maximum Gasteiger partial charge on any atom is 0.344 e. The Morgan fingerprint density at radius 2 is 1.81 bits per heavy atom. The van der Waals surface area contributed by atoms with Gasteiger partial charge < -0.3 is 9.73 Å². The molecule has 3 heterocycles. The molecule has 0 bridgehead atoms. The predicted molar refractivity (Wildman–Crippen MR) is 113 cm³/mol. The average Bonchev–Trinajstić information content (AvgIpc) is 3.28. The number of urea groups is 1. The Kier molecular flexibility index (Phi) is 4.29. The highest BCUT2D eigenvalue weighted by Gasteiger charge is 2.49. The Morgan fingerprint density at radius 3 is 2.59 bits per heavy atom. The van der Waals surface area contributed by atoms with Crippen LogP contribution in [-0.4, -0.2) is 32.4 Å². The summed E-state index contributed by atoms with van der Waals surface area (Å²) in [7, 11) is 0. The highest BCUT2D eigenvalue weighted by molar-refractivity contribution is 6.08. The van der Waals surface area contributed by atoms with E-state index in [4.69, 9.17) is 4.42 Å². The van der Waals surface area contributed by atoms with Crippen LogP contribution in [0.5, 0.6) is 0 Å². The van der Waals surface area contributed by atoms with Gasteiger partial charge in [-0.15, -0.1) is 0 Å². The third-order valence-corrected chi connectivity index (χ3v) is 5.44. The number of imide groups is 1. The number of aromatic nitrogens is 2. The van der Waals surface area contributed by atoms with E-state index in [1.54, 1.807) is 61.5 Å². The molecule has 10 heteroatoms. The zero-order valence-corrected chi connectivity index (χ0v) is 16.9. The monoisotopic (exact) mass is 431 g/mol. The number of amides is 4. The quantitative estimate of drug-likeness (QED) is 0.473. The Morgan fingerprint density at radius 1 is 1.09 bits per heavy atom. The fourth-order valence-corrected chi connectivity index (χ4v) is 3.75. The summed E-state index contributed by atoms with van der Waals surface area (Å²) in [4.78, 5) is 54.9. The molecular formula is C22H17N5O5. The number of nitrogens with one attached hydrogen (secondary N) is 2. The predicted octanol–water partition coefficient (Wildman–Crippen LogP) is 1.64. The standard InChI is InChI=1S/C22H17N5O5/c1-22(13-7-3-2-4-8-13)20(30)27(21(31)24-22)25-16(28)11-26-12-23-17-14-9-5-6-10-15(14)32-18(17)19(26)29/h2-10,12H,11H2,1H3,(H,24,31)(H,25,28)/t22-/m1/s1. The van der Waals surface area contributed by atoms with Crippen LogP contribution in [0, 0.1) is 0 Å². The van der Waals surface area contributed by atoms with Crippen LogP contribution in [0.15, 0.2) is 70.1 Å². The molecule has 160 valence electrons. The van der Waals surface area contributed by atoms with Crippen molar-refractivity contribution in [2.24, 2.45) is 0 Å². The molecule has 0 spiro atoms. The fraction of sp³-hybridized carbons (Fsp3) is 0.136. The Hall–Kier alpha value is -4.47. The minimum atomic E-state index is -1.32. The van der Waals surface area contributed by atoms with E-state index in [1.165, 1.54) is 6.33 Å².